The maximum absolute atomic E-state index is 11.8. The molecule has 1 aromatic carbocycles. The van der Waals surface area contributed by atoms with Crippen molar-refractivity contribution in [1.29, 1.82) is 0 Å². The molecule has 0 saturated heterocycles. The number of halogens is 1. The molecular formula is C11H11BrN4OS. The maximum atomic E-state index is 11.8. The molecule has 1 aromatic heterocycles. The first kappa shape index (κ1) is 13.0. The number of benzene rings is 1. The largest absolute Gasteiger partial charge is 0.374 e. The van der Waals surface area contributed by atoms with Gasteiger partial charge in [-0.05, 0) is 18.2 Å². The monoisotopic (exact) mass is 326 g/mol. The Hall–Kier alpha value is -1.47. The van der Waals surface area contributed by atoms with E-state index < -0.39 is 0 Å². The SMILES string of the molecule is Nc1nnc(CCNC(=O)c2cccc(Br)c2)s1. The van der Waals surface area contributed by atoms with Gasteiger partial charge in [0.25, 0.3) is 5.91 Å². The summed E-state index contributed by atoms with van der Waals surface area (Å²) < 4.78 is 0.882. The van der Waals surface area contributed by atoms with Crippen LogP contribution in [-0.4, -0.2) is 22.6 Å². The van der Waals surface area contributed by atoms with Crippen molar-refractivity contribution in [3.8, 4) is 0 Å². The second kappa shape index (κ2) is 5.92. The molecule has 18 heavy (non-hydrogen) atoms. The zero-order valence-electron chi connectivity index (χ0n) is 9.39. The highest BCUT2D eigenvalue weighted by Gasteiger charge is 2.06. The molecule has 5 nitrogen and oxygen atoms in total. The van der Waals surface area contributed by atoms with Crippen LogP contribution >= 0.6 is 27.3 Å². The second-order valence-corrected chi connectivity index (χ2v) is 5.56. The Kier molecular flexibility index (Phi) is 4.27. The highest BCUT2D eigenvalue weighted by Crippen LogP contribution is 2.12. The fourth-order valence-corrected chi connectivity index (χ4v) is 2.39. The average Bonchev–Trinajstić information content (AvgIpc) is 2.75. The Morgan fingerprint density at radius 2 is 2.28 bits per heavy atom. The van der Waals surface area contributed by atoms with Gasteiger partial charge >= 0.3 is 0 Å². The van der Waals surface area contributed by atoms with Gasteiger partial charge in [0.1, 0.15) is 5.01 Å². The number of rotatable bonds is 4. The summed E-state index contributed by atoms with van der Waals surface area (Å²) in [6.07, 6.45) is 0.634. The molecule has 0 saturated carbocycles. The summed E-state index contributed by atoms with van der Waals surface area (Å²) in [5.41, 5.74) is 6.10. The number of anilines is 1. The number of carbonyl (C=O) groups excluding carboxylic acids is 1. The third kappa shape index (κ3) is 3.51. The summed E-state index contributed by atoms with van der Waals surface area (Å²) in [4.78, 5) is 11.8. The van der Waals surface area contributed by atoms with Crippen LogP contribution in [0.25, 0.3) is 0 Å². The zero-order valence-corrected chi connectivity index (χ0v) is 11.8. The fraction of sp³-hybridized carbons (Fsp3) is 0.182. The molecule has 0 fully saturated rings. The second-order valence-electron chi connectivity index (χ2n) is 3.55. The summed E-state index contributed by atoms with van der Waals surface area (Å²) in [5, 5.41) is 11.7. The molecule has 7 heteroatoms. The van der Waals surface area contributed by atoms with E-state index in [1.807, 2.05) is 12.1 Å². The molecule has 94 valence electrons. The van der Waals surface area contributed by atoms with E-state index >= 15 is 0 Å². The molecule has 0 unspecified atom stereocenters. The summed E-state index contributed by atoms with van der Waals surface area (Å²) >= 11 is 4.66. The van der Waals surface area contributed by atoms with Crippen LogP contribution in [0.15, 0.2) is 28.7 Å². The minimum atomic E-state index is -0.103. The Morgan fingerprint density at radius 1 is 1.44 bits per heavy atom. The van der Waals surface area contributed by atoms with Gasteiger partial charge in [-0.1, -0.05) is 33.3 Å². The molecule has 0 bridgehead atoms. The lowest BCUT2D eigenvalue weighted by atomic mass is 10.2. The molecule has 0 atom stereocenters. The Morgan fingerprint density at radius 3 is 2.94 bits per heavy atom. The minimum absolute atomic E-state index is 0.103. The van der Waals surface area contributed by atoms with Crippen LogP contribution in [0.2, 0.25) is 0 Å². The molecule has 3 N–H and O–H groups in total. The molecule has 2 rings (SSSR count). The number of hydrogen-bond donors (Lipinski definition) is 2. The van der Waals surface area contributed by atoms with Crippen LogP contribution in [0.1, 0.15) is 15.4 Å². The molecule has 1 amide bonds. The topological polar surface area (TPSA) is 80.9 Å². The van der Waals surface area contributed by atoms with Crippen LogP contribution in [-0.2, 0) is 6.42 Å². The van der Waals surface area contributed by atoms with Crippen molar-refractivity contribution in [3.05, 3.63) is 39.3 Å². The van der Waals surface area contributed by atoms with Crippen LogP contribution in [0.3, 0.4) is 0 Å². The Labute approximate surface area is 117 Å². The molecule has 1 heterocycles. The molecule has 0 spiro atoms. The van der Waals surface area contributed by atoms with E-state index in [-0.39, 0.29) is 5.91 Å². The number of hydrogen-bond acceptors (Lipinski definition) is 5. The lowest BCUT2D eigenvalue weighted by Gasteiger charge is -2.03. The van der Waals surface area contributed by atoms with Crippen molar-refractivity contribution in [2.45, 2.75) is 6.42 Å². The molecule has 0 radical (unpaired) electrons. The molecule has 0 aliphatic heterocycles. The van der Waals surface area contributed by atoms with E-state index in [9.17, 15) is 4.79 Å². The Bertz CT molecular complexity index is 557. The number of amides is 1. The molecule has 0 aliphatic rings. The number of nitrogen functional groups attached to an aromatic ring is 1. The van der Waals surface area contributed by atoms with E-state index in [0.717, 1.165) is 9.48 Å². The molecule has 2 aromatic rings. The molecular weight excluding hydrogens is 316 g/mol. The third-order valence-electron chi connectivity index (χ3n) is 2.19. The summed E-state index contributed by atoms with van der Waals surface area (Å²) in [6, 6.07) is 7.24. The van der Waals surface area contributed by atoms with E-state index in [4.69, 9.17) is 5.73 Å². The first-order chi connectivity index (χ1) is 8.65. The van der Waals surface area contributed by atoms with E-state index in [0.29, 0.717) is 23.7 Å². The van der Waals surface area contributed by atoms with Crippen molar-refractivity contribution < 1.29 is 4.79 Å². The van der Waals surface area contributed by atoms with Crippen LogP contribution in [0, 0.1) is 0 Å². The van der Waals surface area contributed by atoms with Gasteiger partial charge in [0, 0.05) is 23.0 Å². The number of nitrogens with one attached hydrogen (secondary N) is 1. The van der Waals surface area contributed by atoms with Gasteiger partial charge in [-0.25, -0.2) is 0 Å². The van der Waals surface area contributed by atoms with Gasteiger partial charge in [-0.15, -0.1) is 10.2 Å². The zero-order chi connectivity index (χ0) is 13.0. The first-order valence-corrected chi connectivity index (χ1v) is 6.88. The smallest absolute Gasteiger partial charge is 0.251 e. The van der Waals surface area contributed by atoms with Crippen LogP contribution < -0.4 is 11.1 Å². The van der Waals surface area contributed by atoms with Gasteiger partial charge in [-0.3, -0.25) is 4.79 Å². The average molecular weight is 327 g/mol. The number of aromatic nitrogens is 2. The lowest BCUT2D eigenvalue weighted by Crippen LogP contribution is -2.25. The summed E-state index contributed by atoms with van der Waals surface area (Å²) in [6.45, 7) is 0.514. The first-order valence-electron chi connectivity index (χ1n) is 5.27. The van der Waals surface area contributed by atoms with E-state index in [2.05, 4.69) is 31.4 Å². The van der Waals surface area contributed by atoms with Crippen molar-refractivity contribution in [1.82, 2.24) is 15.5 Å². The number of nitrogens with zero attached hydrogens (tertiary/aromatic N) is 2. The minimum Gasteiger partial charge on any atom is -0.374 e. The van der Waals surface area contributed by atoms with Crippen molar-refractivity contribution in [2.24, 2.45) is 0 Å². The normalized spacial score (nSPS) is 10.3. The predicted octanol–water partition coefficient (Wildman–Crippen LogP) is 1.86. The molecule has 0 aliphatic carbocycles. The Balaban J connectivity index is 1.85. The van der Waals surface area contributed by atoms with Crippen molar-refractivity contribution in [3.63, 3.8) is 0 Å². The summed E-state index contributed by atoms with van der Waals surface area (Å²) in [5.74, 6) is -0.103. The quantitative estimate of drug-likeness (QED) is 0.898. The van der Waals surface area contributed by atoms with Gasteiger partial charge in [-0.2, -0.15) is 0 Å². The highest BCUT2D eigenvalue weighted by atomic mass is 79.9. The summed E-state index contributed by atoms with van der Waals surface area (Å²) in [7, 11) is 0. The van der Waals surface area contributed by atoms with Crippen molar-refractivity contribution in [2.75, 3.05) is 12.3 Å². The lowest BCUT2D eigenvalue weighted by molar-refractivity contribution is 0.0954. The maximum Gasteiger partial charge on any atom is 0.251 e. The van der Waals surface area contributed by atoms with Crippen molar-refractivity contribution >= 4 is 38.3 Å². The van der Waals surface area contributed by atoms with E-state index in [1.165, 1.54) is 11.3 Å². The van der Waals surface area contributed by atoms with Gasteiger partial charge in [0.2, 0.25) is 5.13 Å². The van der Waals surface area contributed by atoms with Gasteiger partial charge < -0.3 is 11.1 Å². The third-order valence-corrected chi connectivity index (χ3v) is 3.50. The number of carbonyl (C=O) groups is 1. The van der Waals surface area contributed by atoms with E-state index in [1.54, 1.807) is 12.1 Å². The van der Waals surface area contributed by atoms with Crippen LogP contribution in [0.5, 0.6) is 0 Å². The predicted molar refractivity (Wildman–Crippen MR) is 74.5 cm³/mol. The number of nitrogens with two attached hydrogens (primary N) is 1. The highest BCUT2D eigenvalue weighted by molar-refractivity contribution is 9.10. The fourth-order valence-electron chi connectivity index (χ4n) is 1.38. The van der Waals surface area contributed by atoms with Crippen LogP contribution in [0.4, 0.5) is 5.13 Å². The van der Waals surface area contributed by atoms with Gasteiger partial charge in [0.15, 0.2) is 0 Å². The standard InChI is InChI=1S/C11H11BrN4OS/c12-8-3-1-2-7(6-8)10(17)14-5-4-9-15-16-11(13)18-9/h1-3,6H,4-5H2,(H2,13,16)(H,14,17). The van der Waals surface area contributed by atoms with Gasteiger partial charge in [0.05, 0.1) is 0 Å².